The fourth-order valence-electron chi connectivity index (χ4n) is 3.71. The number of halogens is 1. The van der Waals surface area contributed by atoms with E-state index in [2.05, 4.69) is 5.32 Å². The fraction of sp³-hybridized carbons (Fsp3) is 0.192. The van der Waals surface area contributed by atoms with Gasteiger partial charge in [-0.3, -0.25) is 9.59 Å². The molecule has 0 saturated carbocycles. The number of nitrogens with zero attached hydrogens (tertiary/aromatic N) is 1. The number of benzene rings is 3. The van der Waals surface area contributed by atoms with Gasteiger partial charge in [0.05, 0.1) is 11.3 Å². The van der Waals surface area contributed by atoms with Crippen LogP contribution in [0.5, 0.6) is 0 Å². The van der Waals surface area contributed by atoms with Crippen LogP contribution in [-0.2, 0) is 20.7 Å². The topological polar surface area (TPSA) is 75.7 Å². The molecule has 0 saturated heterocycles. The molecule has 3 aromatic rings. The molecule has 1 aliphatic heterocycles. The zero-order chi connectivity index (χ0) is 23.9. The van der Waals surface area contributed by atoms with Gasteiger partial charge in [0.25, 0.3) is 5.91 Å². The van der Waals surface area contributed by atoms with Crippen LogP contribution in [-0.4, -0.2) is 36.7 Å². The van der Waals surface area contributed by atoms with Crippen molar-refractivity contribution in [2.75, 3.05) is 29.1 Å². The van der Waals surface area contributed by atoms with Crippen LogP contribution in [0, 0.1) is 5.82 Å². The smallest absolute Gasteiger partial charge is 0.339 e. The SMILES string of the molecule is O=C(CSc1ccccc1C(=O)OCC(=O)N1CCCc2ccccc21)Nc1ccc(F)cc1. The van der Waals surface area contributed by atoms with Gasteiger partial charge in [0, 0.05) is 22.8 Å². The first-order valence-electron chi connectivity index (χ1n) is 10.8. The summed E-state index contributed by atoms with van der Waals surface area (Å²) in [6.45, 7) is 0.222. The highest BCUT2D eigenvalue weighted by Gasteiger charge is 2.24. The second-order valence-electron chi connectivity index (χ2n) is 7.69. The van der Waals surface area contributed by atoms with Crippen molar-refractivity contribution < 1.29 is 23.5 Å². The molecule has 0 atom stereocenters. The van der Waals surface area contributed by atoms with E-state index in [1.807, 2.05) is 24.3 Å². The molecule has 8 heteroatoms. The standard InChI is InChI=1S/C26H23FN2O4S/c27-19-11-13-20(14-12-19)28-24(30)17-34-23-10-4-2-8-21(23)26(32)33-16-25(31)29-15-5-7-18-6-1-3-9-22(18)29/h1-4,6,8-14H,5,7,15-17H2,(H,28,30). The number of thioether (sulfide) groups is 1. The van der Waals surface area contributed by atoms with Crippen LogP contribution < -0.4 is 10.2 Å². The van der Waals surface area contributed by atoms with Crippen LogP contribution in [0.2, 0.25) is 0 Å². The Hall–Kier alpha value is -3.65. The molecular weight excluding hydrogens is 455 g/mol. The van der Waals surface area contributed by atoms with Gasteiger partial charge in [-0.05, 0) is 60.9 Å². The molecule has 0 bridgehead atoms. The minimum Gasteiger partial charge on any atom is -0.452 e. The summed E-state index contributed by atoms with van der Waals surface area (Å²) < 4.78 is 18.3. The summed E-state index contributed by atoms with van der Waals surface area (Å²) in [6, 6.07) is 20.0. The van der Waals surface area contributed by atoms with Crippen molar-refractivity contribution in [3.63, 3.8) is 0 Å². The monoisotopic (exact) mass is 478 g/mol. The molecule has 1 aliphatic rings. The number of rotatable bonds is 7. The van der Waals surface area contributed by atoms with E-state index >= 15 is 0 Å². The molecule has 0 fully saturated rings. The molecule has 0 radical (unpaired) electrons. The molecular formula is C26H23FN2O4S. The van der Waals surface area contributed by atoms with Crippen LogP contribution >= 0.6 is 11.8 Å². The van der Waals surface area contributed by atoms with E-state index in [0.29, 0.717) is 17.1 Å². The molecule has 0 unspecified atom stereocenters. The Labute approximate surface area is 201 Å². The van der Waals surface area contributed by atoms with Gasteiger partial charge in [-0.15, -0.1) is 11.8 Å². The Morgan fingerprint density at radius 3 is 2.53 bits per heavy atom. The highest BCUT2D eigenvalue weighted by atomic mass is 32.2. The maximum Gasteiger partial charge on any atom is 0.339 e. The minimum atomic E-state index is -0.624. The lowest BCUT2D eigenvalue weighted by molar-refractivity contribution is -0.121. The lowest BCUT2D eigenvalue weighted by Crippen LogP contribution is -2.38. The molecule has 1 N–H and O–H groups in total. The largest absolute Gasteiger partial charge is 0.452 e. The summed E-state index contributed by atoms with van der Waals surface area (Å²) in [5.41, 5.74) is 2.73. The average Bonchev–Trinajstić information content (AvgIpc) is 2.87. The third-order valence-corrected chi connectivity index (χ3v) is 6.41. The number of fused-ring (bicyclic) bond motifs is 1. The number of esters is 1. The van der Waals surface area contributed by atoms with E-state index in [0.717, 1.165) is 24.1 Å². The number of nitrogens with one attached hydrogen (secondary N) is 1. The molecule has 2 amide bonds. The summed E-state index contributed by atoms with van der Waals surface area (Å²) in [5, 5.41) is 2.68. The summed E-state index contributed by atoms with van der Waals surface area (Å²) in [6.07, 6.45) is 1.77. The zero-order valence-electron chi connectivity index (χ0n) is 18.3. The van der Waals surface area contributed by atoms with Gasteiger partial charge in [-0.1, -0.05) is 30.3 Å². The first-order chi connectivity index (χ1) is 16.5. The molecule has 0 spiro atoms. The first kappa shape index (κ1) is 23.5. The minimum absolute atomic E-state index is 0.0468. The van der Waals surface area contributed by atoms with Crippen LogP contribution in [0.1, 0.15) is 22.3 Å². The molecule has 174 valence electrons. The summed E-state index contributed by atoms with van der Waals surface area (Å²) in [4.78, 5) is 40.0. The maximum absolute atomic E-state index is 13.0. The van der Waals surface area contributed by atoms with E-state index in [1.165, 1.54) is 36.0 Å². The predicted octanol–water partition coefficient (Wildman–Crippen LogP) is 4.69. The lowest BCUT2D eigenvalue weighted by Gasteiger charge is -2.29. The van der Waals surface area contributed by atoms with Crippen molar-refractivity contribution >= 4 is 40.9 Å². The van der Waals surface area contributed by atoms with Crippen LogP contribution in [0.25, 0.3) is 0 Å². The number of anilines is 2. The number of hydrogen-bond donors (Lipinski definition) is 1. The van der Waals surface area contributed by atoms with Gasteiger partial charge in [0.2, 0.25) is 5.91 Å². The number of hydrogen-bond acceptors (Lipinski definition) is 5. The van der Waals surface area contributed by atoms with Gasteiger partial charge in [0.1, 0.15) is 5.82 Å². The maximum atomic E-state index is 13.0. The Morgan fingerprint density at radius 2 is 1.71 bits per heavy atom. The molecule has 6 nitrogen and oxygen atoms in total. The van der Waals surface area contributed by atoms with Gasteiger partial charge in [-0.25, -0.2) is 9.18 Å². The Morgan fingerprint density at radius 1 is 0.971 bits per heavy atom. The van der Waals surface area contributed by atoms with Crippen molar-refractivity contribution in [3.05, 3.63) is 89.7 Å². The summed E-state index contributed by atoms with van der Waals surface area (Å²) in [5.74, 6) is -1.53. The average molecular weight is 479 g/mol. The summed E-state index contributed by atoms with van der Waals surface area (Å²) >= 11 is 1.18. The van der Waals surface area contributed by atoms with Gasteiger partial charge >= 0.3 is 5.97 Å². The highest BCUT2D eigenvalue weighted by Crippen LogP contribution is 2.27. The van der Waals surface area contributed by atoms with E-state index in [9.17, 15) is 18.8 Å². The van der Waals surface area contributed by atoms with E-state index in [1.54, 1.807) is 29.2 Å². The zero-order valence-corrected chi connectivity index (χ0v) is 19.1. The number of carbonyl (C=O) groups excluding carboxylic acids is 3. The third kappa shape index (κ3) is 5.82. The first-order valence-corrected chi connectivity index (χ1v) is 11.8. The predicted molar refractivity (Wildman–Crippen MR) is 130 cm³/mol. The Kier molecular flexibility index (Phi) is 7.59. The molecule has 3 aromatic carbocycles. The van der Waals surface area contributed by atoms with Gasteiger partial charge in [-0.2, -0.15) is 0 Å². The van der Waals surface area contributed by atoms with E-state index < -0.39 is 5.97 Å². The van der Waals surface area contributed by atoms with Crippen LogP contribution in [0.15, 0.2) is 77.7 Å². The third-order valence-electron chi connectivity index (χ3n) is 5.33. The normalized spacial score (nSPS) is 12.6. The molecule has 4 rings (SSSR count). The van der Waals surface area contributed by atoms with Crippen LogP contribution in [0.3, 0.4) is 0 Å². The van der Waals surface area contributed by atoms with Crippen molar-refractivity contribution in [1.82, 2.24) is 0 Å². The second kappa shape index (κ2) is 11.0. The number of aryl methyl sites for hydroxylation is 1. The second-order valence-corrected chi connectivity index (χ2v) is 8.71. The molecule has 34 heavy (non-hydrogen) atoms. The van der Waals surface area contributed by atoms with Gasteiger partial charge < -0.3 is 15.0 Å². The van der Waals surface area contributed by atoms with E-state index in [-0.39, 0.29) is 35.6 Å². The van der Waals surface area contributed by atoms with Crippen molar-refractivity contribution in [2.45, 2.75) is 17.7 Å². The molecule has 1 heterocycles. The Bertz CT molecular complexity index is 1200. The Balaban J connectivity index is 1.34. The van der Waals surface area contributed by atoms with Crippen molar-refractivity contribution in [1.29, 1.82) is 0 Å². The van der Waals surface area contributed by atoms with Crippen molar-refractivity contribution in [3.8, 4) is 0 Å². The van der Waals surface area contributed by atoms with Gasteiger partial charge in [0.15, 0.2) is 6.61 Å². The lowest BCUT2D eigenvalue weighted by atomic mass is 10.0. The van der Waals surface area contributed by atoms with Crippen LogP contribution in [0.4, 0.5) is 15.8 Å². The number of para-hydroxylation sites is 1. The quantitative estimate of drug-likeness (QED) is 0.394. The fourth-order valence-corrected chi connectivity index (χ4v) is 4.55. The number of ether oxygens (including phenoxy) is 1. The number of carbonyl (C=O) groups is 3. The number of amides is 2. The molecule has 0 aliphatic carbocycles. The molecule has 0 aromatic heterocycles. The summed E-state index contributed by atoms with van der Waals surface area (Å²) in [7, 11) is 0. The highest BCUT2D eigenvalue weighted by molar-refractivity contribution is 8.00. The van der Waals surface area contributed by atoms with Crippen molar-refractivity contribution in [2.24, 2.45) is 0 Å². The van der Waals surface area contributed by atoms with E-state index in [4.69, 9.17) is 4.74 Å².